The van der Waals surface area contributed by atoms with E-state index in [2.05, 4.69) is 9.72 Å². The average Bonchev–Trinajstić information content (AvgIpc) is 2.31. The molecule has 98 valence electrons. The number of carbonyl (C=O) groups is 1. The number of aryl methyl sites for hydroxylation is 2. The van der Waals surface area contributed by atoms with Crippen LogP contribution in [0.15, 0.2) is 22.5 Å². The third-order valence-corrected chi connectivity index (χ3v) is 2.70. The Morgan fingerprint density at radius 2 is 2.17 bits per heavy atom. The lowest BCUT2D eigenvalue weighted by atomic mass is 10.2. The van der Waals surface area contributed by atoms with Gasteiger partial charge in [0.15, 0.2) is 0 Å². The fourth-order valence-corrected chi connectivity index (χ4v) is 1.70. The van der Waals surface area contributed by atoms with E-state index < -0.39 is 0 Å². The summed E-state index contributed by atoms with van der Waals surface area (Å²) in [6.45, 7) is 5.82. The van der Waals surface area contributed by atoms with Crippen LogP contribution in [-0.2, 0) is 16.1 Å². The monoisotopic (exact) mass is 250 g/mol. The van der Waals surface area contributed by atoms with Crippen LogP contribution in [0, 0.1) is 13.8 Å². The quantitative estimate of drug-likeness (QED) is 0.598. The standard InChI is InChI=1S/C13H18N2O3/c1-5-11(12(16)18-4)6-7-15-10(3)8-9(2)14-13(15)17/h6,8H,5,7H2,1-4H3. The molecule has 0 spiro atoms. The van der Waals surface area contributed by atoms with Gasteiger partial charge in [0.25, 0.3) is 0 Å². The molecule has 0 saturated heterocycles. The molecule has 0 aliphatic heterocycles. The first kappa shape index (κ1) is 14.2. The fourth-order valence-electron chi connectivity index (χ4n) is 1.70. The summed E-state index contributed by atoms with van der Waals surface area (Å²) < 4.78 is 6.18. The van der Waals surface area contributed by atoms with Gasteiger partial charge in [-0.3, -0.25) is 4.57 Å². The van der Waals surface area contributed by atoms with Gasteiger partial charge in [0.05, 0.1) is 7.11 Å². The van der Waals surface area contributed by atoms with Crippen LogP contribution in [0.2, 0.25) is 0 Å². The molecule has 0 atom stereocenters. The van der Waals surface area contributed by atoms with Gasteiger partial charge in [0.2, 0.25) is 0 Å². The number of rotatable bonds is 4. The zero-order valence-corrected chi connectivity index (χ0v) is 11.2. The van der Waals surface area contributed by atoms with E-state index in [1.807, 2.05) is 19.9 Å². The molecule has 1 rings (SSSR count). The lowest BCUT2D eigenvalue weighted by molar-refractivity contribution is -0.136. The molecule has 0 unspecified atom stereocenters. The van der Waals surface area contributed by atoms with Crippen LogP contribution in [0.25, 0.3) is 0 Å². The van der Waals surface area contributed by atoms with Crippen LogP contribution in [0.5, 0.6) is 0 Å². The molecule has 0 bridgehead atoms. The third-order valence-electron chi connectivity index (χ3n) is 2.70. The molecule has 1 aromatic rings. The minimum atomic E-state index is -0.358. The van der Waals surface area contributed by atoms with Gasteiger partial charge in [-0.2, -0.15) is 4.98 Å². The molecule has 1 aromatic heterocycles. The first-order valence-corrected chi connectivity index (χ1v) is 5.82. The predicted octanol–water partition coefficient (Wildman–Crippen LogP) is 1.37. The molecular weight excluding hydrogens is 232 g/mol. The first-order valence-electron chi connectivity index (χ1n) is 5.82. The zero-order chi connectivity index (χ0) is 13.7. The third kappa shape index (κ3) is 3.29. The van der Waals surface area contributed by atoms with Crippen LogP contribution >= 0.6 is 0 Å². The van der Waals surface area contributed by atoms with Crippen molar-refractivity contribution in [1.29, 1.82) is 0 Å². The number of nitrogens with zero attached hydrogens (tertiary/aromatic N) is 2. The number of allylic oxidation sites excluding steroid dienone is 1. The van der Waals surface area contributed by atoms with E-state index in [1.165, 1.54) is 11.7 Å². The molecule has 0 saturated carbocycles. The van der Waals surface area contributed by atoms with Crippen LogP contribution in [-0.4, -0.2) is 22.6 Å². The number of ether oxygens (including phenoxy) is 1. The van der Waals surface area contributed by atoms with Crippen molar-refractivity contribution in [3.05, 3.63) is 39.6 Å². The highest BCUT2D eigenvalue weighted by molar-refractivity contribution is 5.88. The second-order valence-electron chi connectivity index (χ2n) is 4.01. The molecular formula is C13H18N2O3. The summed E-state index contributed by atoms with van der Waals surface area (Å²) in [6, 6.07) is 1.83. The molecule has 0 fully saturated rings. The number of carbonyl (C=O) groups excluding carboxylic acids is 1. The number of esters is 1. The summed E-state index contributed by atoms with van der Waals surface area (Å²) in [7, 11) is 1.34. The number of hydrogen-bond donors (Lipinski definition) is 0. The Balaban J connectivity index is 3.02. The maximum absolute atomic E-state index is 11.7. The van der Waals surface area contributed by atoms with E-state index in [1.54, 1.807) is 13.0 Å². The number of aromatic nitrogens is 2. The van der Waals surface area contributed by atoms with Gasteiger partial charge in [0, 0.05) is 23.5 Å². The van der Waals surface area contributed by atoms with Crippen molar-refractivity contribution < 1.29 is 9.53 Å². The van der Waals surface area contributed by atoms with Crippen molar-refractivity contribution in [3.63, 3.8) is 0 Å². The minimum Gasteiger partial charge on any atom is -0.466 e. The van der Waals surface area contributed by atoms with Gasteiger partial charge >= 0.3 is 11.7 Å². The molecule has 0 aliphatic rings. The van der Waals surface area contributed by atoms with E-state index in [-0.39, 0.29) is 11.7 Å². The Bertz CT molecular complexity index is 530. The predicted molar refractivity (Wildman–Crippen MR) is 68.4 cm³/mol. The van der Waals surface area contributed by atoms with Gasteiger partial charge in [-0.15, -0.1) is 0 Å². The average molecular weight is 250 g/mol. The van der Waals surface area contributed by atoms with Crippen LogP contribution in [0.4, 0.5) is 0 Å². The van der Waals surface area contributed by atoms with Crippen molar-refractivity contribution >= 4 is 5.97 Å². The minimum absolute atomic E-state index is 0.302. The molecule has 0 aliphatic carbocycles. The summed E-state index contributed by atoms with van der Waals surface area (Å²) in [4.78, 5) is 27.0. The number of methoxy groups -OCH3 is 1. The van der Waals surface area contributed by atoms with Crippen molar-refractivity contribution in [1.82, 2.24) is 9.55 Å². The summed E-state index contributed by atoms with van der Waals surface area (Å²) in [5, 5.41) is 0. The lowest BCUT2D eigenvalue weighted by Crippen LogP contribution is -2.25. The molecule has 5 nitrogen and oxygen atoms in total. The van der Waals surface area contributed by atoms with Gasteiger partial charge in [-0.1, -0.05) is 13.0 Å². The summed E-state index contributed by atoms with van der Waals surface area (Å²) in [5.41, 5.74) is 1.78. The first-order chi connectivity index (χ1) is 8.49. The Labute approximate surface area is 106 Å². The lowest BCUT2D eigenvalue weighted by Gasteiger charge is -2.08. The summed E-state index contributed by atoms with van der Waals surface area (Å²) in [5.74, 6) is -0.358. The largest absolute Gasteiger partial charge is 0.466 e. The van der Waals surface area contributed by atoms with E-state index in [4.69, 9.17) is 0 Å². The second-order valence-corrected chi connectivity index (χ2v) is 4.01. The SMILES string of the molecule is CCC(=CCn1c(C)cc(C)nc1=O)C(=O)OC. The van der Waals surface area contributed by atoms with Crippen molar-refractivity contribution in [2.24, 2.45) is 0 Å². The van der Waals surface area contributed by atoms with E-state index in [0.717, 1.165) is 5.69 Å². The van der Waals surface area contributed by atoms with Crippen LogP contribution in [0.3, 0.4) is 0 Å². The molecule has 18 heavy (non-hydrogen) atoms. The highest BCUT2D eigenvalue weighted by atomic mass is 16.5. The fraction of sp³-hybridized carbons (Fsp3) is 0.462. The Kier molecular flexibility index (Phi) is 4.83. The Morgan fingerprint density at radius 3 is 2.67 bits per heavy atom. The highest BCUT2D eigenvalue weighted by Gasteiger charge is 2.07. The normalized spacial score (nSPS) is 11.4. The number of hydrogen-bond acceptors (Lipinski definition) is 4. The van der Waals surface area contributed by atoms with Crippen molar-refractivity contribution in [2.75, 3.05) is 7.11 Å². The molecule has 1 heterocycles. The molecule has 5 heteroatoms. The van der Waals surface area contributed by atoms with Crippen LogP contribution < -0.4 is 5.69 Å². The van der Waals surface area contributed by atoms with E-state index >= 15 is 0 Å². The summed E-state index contributed by atoms with van der Waals surface area (Å²) >= 11 is 0. The molecule has 0 amide bonds. The van der Waals surface area contributed by atoms with E-state index in [0.29, 0.717) is 24.2 Å². The molecule has 0 aromatic carbocycles. The maximum atomic E-state index is 11.7. The topological polar surface area (TPSA) is 61.2 Å². The van der Waals surface area contributed by atoms with Crippen molar-refractivity contribution in [2.45, 2.75) is 33.7 Å². The maximum Gasteiger partial charge on any atom is 0.348 e. The molecule has 0 radical (unpaired) electrons. The van der Waals surface area contributed by atoms with Gasteiger partial charge in [0.1, 0.15) is 0 Å². The van der Waals surface area contributed by atoms with Gasteiger partial charge in [-0.25, -0.2) is 9.59 Å². The van der Waals surface area contributed by atoms with Gasteiger partial charge < -0.3 is 4.74 Å². The van der Waals surface area contributed by atoms with Crippen molar-refractivity contribution in [3.8, 4) is 0 Å². The summed E-state index contributed by atoms with van der Waals surface area (Å²) in [6.07, 6.45) is 2.27. The smallest absolute Gasteiger partial charge is 0.348 e. The Morgan fingerprint density at radius 1 is 1.50 bits per heavy atom. The highest BCUT2D eigenvalue weighted by Crippen LogP contribution is 2.04. The zero-order valence-electron chi connectivity index (χ0n) is 11.2. The van der Waals surface area contributed by atoms with E-state index in [9.17, 15) is 9.59 Å². The van der Waals surface area contributed by atoms with Crippen LogP contribution in [0.1, 0.15) is 24.7 Å². The molecule has 0 N–H and O–H groups in total. The van der Waals surface area contributed by atoms with Gasteiger partial charge in [-0.05, 0) is 26.3 Å². The second kappa shape index (κ2) is 6.14. The Hall–Kier alpha value is -1.91.